The number of carbonyl (C=O) groups is 6. The summed E-state index contributed by atoms with van der Waals surface area (Å²) in [6.45, 7) is 5.99. The molecule has 2 amide bonds. The Balaban J connectivity index is 0.000000234. The Bertz CT molecular complexity index is 2780. The molecule has 2 heterocycles. The van der Waals surface area contributed by atoms with Crippen LogP contribution >= 0.6 is 0 Å². The summed E-state index contributed by atoms with van der Waals surface area (Å²) < 4.78 is 57.7. The first-order valence-corrected chi connectivity index (χ1v) is 18.8. The highest BCUT2D eigenvalue weighted by Crippen LogP contribution is 2.34. The summed E-state index contributed by atoms with van der Waals surface area (Å²) >= 11 is 0. The van der Waals surface area contributed by atoms with E-state index >= 15 is 0 Å². The average molecular weight is 861 g/mol. The van der Waals surface area contributed by atoms with Gasteiger partial charge in [0.05, 0.1) is 36.2 Å². The first-order valence-electron chi connectivity index (χ1n) is 18.8. The number of aliphatic carboxylic acids is 2. The van der Waals surface area contributed by atoms with Gasteiger partial charge in [0, 0.05) is 58.0 Å². The van der Waals surface area contributed by atoms with Crippen molar-refractivity contribution in [1.82, 2.24) is 19.8 Å². The number of aromatic nitrogens is 2. The fourth-order valence-corrected chi connectivity index (χ4v) is 6.82. The summed E-state index contributed by atoms with van der Waals surface area (Å²) in [5.41, 5.74) is 1.63. The maximum Gasteiger partial charge on any atom is 0.308 e. The summed E-state index contributed by atoms with van der Waals surface area (Å²) in [4.78, 5) is 72.7. The molecule has 0 bridgehead atoms. The normalized spacial score (nSPS) is 12.0. The van der Waals surface area contributed by atoms with Crippen molar-refractivity contribution in [3.63, 3.8) is 0 Å². The minimum Gasteiger partial charge on any atom is -0.505 e. The predicted octanol–water partition coefficient (Wildman–Crippen LogP) is 6.15. The quantitative estimate of drug-likeness (QED) is 0.0772. The molecule has 18 heteroatoms. The Morgan fingerprint density at radius 2 is 1.08 bits per heavy atom. The second-order valence-corrected chi connectivity index (χ2v) is 14.5. The van der Waals surface area contributed by atoms with Crippen molar-refractivity contribution in [3.05, 3.63) is 130 Å². The summed E-state index contributed by atoms with van der Waals surface area (Å²) in [6, 6.07) is 13.6. The van der Waals surface area contributed by atoms with Crippen LogP contribution in [0.2, 0.25) is 0 Å². The lowest BCUT2D eigenvalue weighted by atomic mass is 10.1. The highest BCUT2D eigenvalue weighted by atomic mass is 19.1. The molecule has 0 aliphatic carbocycles. The van der Waals surface area contributed by atoms with Crippen LogP contribution in [0.4, 0.5) is 17.6 Å². The monoisotopic (exact) mass is 860 g/mol. The van der Waals surface area contributed by atoms with Gasteiger partial charge in [-0.25, -0.2) is 17.6 Å². The zero-order chi connectivity index (χ0) is 45.7. The Labute approximate surface area is 350 Å². The molecular weight excluding hydrogens is 820 g/mol. The van der Waals surface area contributed by atoms with Crippen molar-refractivity contribution >= 4 is 57.4 Å². The van der Waals surface area contributed by atoms with Gasteiger partial charge >= 0.3 is 11.9 Å². The molecule has 324 valence electrons. The highest BCUT2D eigenvalue weighted by molar-refractivity contribution is 6.06. The third-order valence-corrected chi connectivity index (χ3v) is 9.95. The smallest absolute Gasteiger partial charge is 0.308 e. The molecule has 2 aromatic heterocycles. The number of rotatable bonds is 12. The van der Waals surface area contributed by atoms with Crippen LogP contribution in [-0.2, 0) is 32.0 Å². The van der Waals surface area contributed by atoms with Crippen LogP contribution in [0.15, 0.2) is 72.8 Å². The van der Waals surface area contributed by atoms with Crippen LogP contribution < -0.4 is 10.6 Å². The number of nitrogens with one attached hydrogen (secondary N) is 2. The van der Waals surface area contributed by atoms with E-state index in [0.29, 0.717) is 22.5 Å². The third-order valence-electron chi connectivity index (χ3n) is 9.95. The lowest BCUT2D eigenvalue weighted by Gasteiger charge is -2.12. The lowest BCUT2D eigenvalue weighted by Crippen LogP contribution is -2.35. The highest BCUT2D eigenvalue weighted by Gasteiger charge is 2.26. The number of hydrogen-bond acceptors (Lipinski definition) is 8. The number of hydrogen-bond donors (Lipinski definition) is 6. The first kappa shape index (κ1) is 45.6. The lowest BCUT2D eigenvalue weighted by molar-refractivity contribution is -0.141. The van der Waals surface area contributed by atoms with E-state index in [-0.39, 0.29) is 58.7 Å². The molecule has 62 heavy (non-hydrogen) atoms. The number of carbonyl (C=O) groups excluding carboxylic acids is 4. The largest absolute Gasteiger partial charge is 0.505 e. The van der Waals surface area contributed by atoms with E-state index in [2.05, 4.69) is 10.6 Å². The Kier molecular flexibility index (Phi) is 13.8. The molecule has 0 saturated heterocycles. The minimum atomic E-state index is -1.07. The zero-order valence-electron chi connectivity index (χ0n) is 33.6. The molecule has 0 aliphatic rings. The minimum absolute atomic E-state index is 0.0274. The third kappa shape index (κ3) is 10.1. The fourth-order valence-electron chi connectivity index (χ4n) is 6.82. The van der Waals surface area contributed by atoms with Crippen LogP contribution in [0.1, 0.15) is 63.5 Å². The van der Waals surface area contributed by atoms with E-state index in [4.69, 9.17) is 10.2 Å². The number of aromatic hydroxyl groups is 2. The Morgan fingerprint density at radius 1 is 0.645 bits per heavy atom. The molecule has 0 radical (unpaired) electrons. The van der Waals surface area contributed by atoms with E-state index in [9.17, 15) is 56.5 Å². The van der Waals surface area contributed by atoms with Gasteiger partial charge in [-0.15, -0.1) is 0 Å². The standard InChI is InChI=1S/2C22H20F2N2O5/c1-11(22(30)31)10-25-20(28)8-15-12(2)26(18-9-17(24)19(27)7-16(15)18)21(29)13-4-3-5-14(23)6-13;1-11(6-21(29)30)25-20(28)9-15-12(2)26(18-10-17(24)19(27)8-16(15)18)22(31)13-4-3-5-14(23)7-13/h3-7,9,11,27H,8,10H2,1-2H3,(H,25,28)(H,30,31);3-5,7-8,10-11,27H,6,9H2,1-2H3,(H,25,28)(H,29,30). The summed E-state index contributed by atoms with van der Waals surface area (Å²) in [5, 5.41) is 43.0. The Morgan fingerprint density at radius 3 is 1.48 bits per heavy atom. The molecule has 0 fully saturated rings. The maximum atomic E-state index is 14.1. The van der Waals surface area contributed by atoms with E-state index < -0.39 is 82.3 Å². The van der Waals surface area contributed by atoms with Gasteiger partial charge in [0.1, 0.15) is 11.6 Å². The van der Waals surface area contributed by atoms with Crippen molar-refractivity contribution in [1.29, 1.82) is 0 Å². The number of phenols is 2. The summed E-state index contributed by atoms with van der Waals surface area (Å²) in [6.07, 6.45) is -0.736. The maximum absolute atomic E-state index is 14.1. The predicted molar refractivity (Wildman–Crippen MR) is 216 cm³/mol. The molecule has 4 aromatic carbocycles. The first-order chi connectivity index (χ1) is 29.2. The van der Waals surface area contributed by atoms with Gasteiger partial charge in [0.2, 0.25) is 11.8 Å². The molecule has 2 atom stereocenters. The van der Waals surface area contributed by atoms with Gasteiger partial charge in [0.15, 0.2) is 23.1 Å². The van der Waals surface area contributed by atoms with E-state index in [1.807, 2.05) is 0 Å². The number of phenolic OH excluding ortho intramolecular Hbond substituents is 2. The van der Waals surface area contributed by atoms with Gasteiger partial charge in [-0.1, -0.05) is 19.1 Å². The zero-order valence-corrected chi connectivity index (χ0v) is 33.6. The van der Waals surface area contributed by atoms with E-state index in [1.165, 1.54) is 50.2 Å². The van der Waals surface area contributed by atoms with Gasteiger partial charge in [0.25, 0.3) is 11.8 Å². The van der Waals surface area contributed by atoms with Crippen LogP contribution in [0.5, 0.6) is 11.5 Å². The molecular formula is C44H40F4N4O10. The van der Waals surface area contributed by atoms with Crippen molar-refractivity contribution in [2.75, 3.05) is 6.54 Å². The molecule has 6 N–H and O–H groups in total. The second-order valence-electron chi connectivity index (χ2n) is 14.5. The summed E-state index contributed by atoms with van der Waals surface area (Å²) in [5.74, 6) is -9.62. The molecule has 6 rings (SSSR count). The van der Waals surface area contributed by atoms with E-state index in [1.54, 1.807) is 13.8 Å². The number of fused-ring (bicyclic) bond motifs is 2. The molecule has 2 unspecified atom stereocenters. The number of halogens is 4. The second kappa shape index (κ2) is 18.8. The van der Waals surface area contributed by atoms with Gasteiger partial charge < -0.3 is 31.1 Å². The van der Waals surface area contributed by atoms with Gasteiger partial charge in [-0.3, -0.25) is 37.9 Å². The van der Waals surface area contributed by atoms with Gasteiger partial charge in [-0.2, -0.15) is 0 Å². The molecule has 0 aliphatic heterocycles. The summed E-state index contributed by atoms with van der Waals surface area (Å²) in [7, 11) is 0. The van der Waals surface area contributed by atoms with Crippen LogP contribution in [0, 0.1) is 43.0 Å². The average Bonchev–Trinajstić information content (AvgIpc) is 3.60. The number of amides is 2. The van der Waals surface area contributed by atoms with Crippen molar-refractivity contribution in [3.8, 4) is 11.5 Å². The fraction of sp³-hybridized carbons (Fsp3) is 0.227. The number of nitrogens with zero attached hydrogens (tertiary/aromatic N) is 2. The van der Waals surface area contributed by atoms with Crippen LogP contribution in [-0.4, -0.2) is 77.7 Å². The van der Waals surface area contributed by atoms with Crippen molar-refractivity contribution in [2.45, 2.75) is 53.0 Å². The van der Waals surface area contributed by atoms with Gasteiger partial charge in [-0.05, 0) is 80.4 Å². The van der Waals surface area contributed by atoms with Crippen molar-refractivity contribution < 1.29 is 66.8 Å². The number of benzene rings is 4. The molecule has 0 spiro atoms. The number of carboxylic acid groups (broad SMARTS) is 2. The van der Waals surface area contributed by atoms with Crippen molar-refractivity contribution in [2.24, 2.45) is 5.92 Å². The Hall–Kier alpha value is -7.50. The molecule has 6 aromatic rings. The molecule has 14 nitrogen and oxygen atoms in total. The SMILES string of the molecule is Cc1c(CC(=O)NC(C)CC(=O)O)c2cc(O)c(F)cc2n1C(=O)c1cccc(F)c1.Cc1c(CC(=O)NCC(C)C(=O)O)c2cc(O)c(F)cc2n1C(=O)c1cccc(F)c1. The van der Waals surface area contributed by atoms with E-state index in [0.717, 1.165) is 45.5 Å². The van der Waals surface area contributed by atoms with Crippen LogP contribution in [0.25, 0.3) is 21.8 Å². The topological polar surface area (TPSA) is 217 Å². The number of carboxylic acids is 2. The molecule has 0 saturated carbocycles. The van der Waals surface area contributed by atoms with Crippen LogP contribution in [0.3, 0.4) is 0 Å².